The average molecular weight is 429 g/mol. The minimum atomic E-state index is 0.274. The Hall–Kier alpha value is -2.39. The Morgan fingerprint density at radius 1 is 0.969 bits per heavy atom. The molecule has 0 radical (unpaired) electrons. The molecule has 3 heteroatoms. The molecule has 0 spiro atoms. The van der Waals surface area contributed by atoms with E-state index in [4.69, 9.17) is 0 Å². The molecule has 1 amide bonds. The lowest BCUT2D eigenvalue weighted by atomic mass is 9.78. The van der Waals surface area contributed by atoms with Gasteiger partial charge in [0, 0.05) is 31.6 Å². The maximum atomic E-state index is 13.0. The summed E-state index contributed by atoms with van der Waals surface area (Å²) >= 11 is 0. The van der Waals surface area contributed by atoms with E-state index in [-0.39, 0.29) is 5.91 Å². The van der Waals surface area contributed by atoms with Gasteiger partial charge in [-0.3, -0.25) is 4.79 Å². The monoisotopic (exact) mass is 428 g/mol. The molecule has 3 nitrogen and oxygen atoms in total. The molecule has 2 aromatic rings. The molecular weight excluding hydrogens is 392 g/mol. The van der Waals surface area contributed by atoms with Gasteiger partial charge in [-0.25, -0.2) is 0 Å². The van der Waals surface area contributed by atoms with Gasteiger partial charge in [-0.1, -0.05) is 60.7 Å². The first-order valence-corrected chi connectivity index (χ1v) is 12.5. The van der Waals surface area contributed by atoms with E-state index in [1.54, 1.807) is 0 Å². The number of likely N-dealkylation sites (tertiary alicyclic amines) is 2. The average Bonchev–Trinajstić information content (AvgIpc) is 3.44. The van der Waals surface area contributed by atoms with Crippen molar-refractivity contribution >= 4 is 11.5 Å². The maximum Gasteiger partial charge on any atom is 0.227 e. The second-order valence-corrected chi connectivity index (χ2v) is 10.0. The molecule has 3 aliphatic rings. The van der Waals surface area contributed by atoms with E-state index < -0.39 is 0 Å². The van der Waals surface area contributed by atoms with Crippen LogP contribution in [0.3, 0.4) is 0 Å². The van der Waals surface area contributed by atoms with Crippen LogP contribution in [-0.2, 0) is 17.6 Å². The first-order chi connectivity index (χ1) is 15.7. The molecule has 2 aromatic carbocycles. The van der Waals surface area contributed by atoms with Crippen LogP contribution in [0.5, 0.6) is 0 Å². The molecule has 3 atom stereocenters. The lowest BCUT2D eigenvalue weighted by molar-refractivity contribution is -0.129. The minimum Gasteiger partial charge on any atom is -0.341 e. The van der Waals surface area contributed by atoms with Gasteiger partial charge in [-0.2, -0.15) is 0 Å². The number of hydrogen-bond acceptors (Lipinski definition) is 2. The van der Waals surface area contributed by atoms with Gasteiger partial charge in [0.15, 0.2) is 0 Å². The number of rotatable bonds is 6. The second-order valence-electron chi connectivity index (χ2n) is 10.0. The van der Waals surface area contributed by atoms with Crippen LogP contribution in [0.25, 0.3) is 5.57 Å². The quantitative estimate of drug-likeness (QED) is 0.631. The molecule has 5 rings (SSSR count). The minimum absolute atomic E-state index is 0.274. The van der Waals surface area contributed by atoms with Crippen molar-refractivity contribution in [3.8, 4) is 0 Å². The van der Waals surface area contributed by atoms with E-state index in [1.165, 1.54) is 49.1 Å². The molecule has 168 valence electrons. The van der Waals surface area contributed by atoms with Crippen molar-refractivity contribution < 1.29 is 4.79 Å². The summed E-state index contributed by atoms with van der Waals surface area (Å²) < 4.78 is 0. The summed E-state index contributed by atoms with van der Waals surface area (Å²) in [6.07, 6.45) is 9.12. The van der Waals surface area contributed by atoms with E-state index in [1.807, 2.05) is 18.2 Å². The Bertz CT molecular complexity index is 949. The third kappa shape index (κ3) is 4.68. The molecule has 0 N–H and O–H groups in total. The van der Waals surface area contributed by atoms with Crippen molar-refractivity contribution in [3.63, 3.8) is 0 Å². The summed E-state index contributed by atoms with van der Waals surface area (Å²) in [5, 5.41) is 0. The molecule has 2 fully saturated rings. The summed E-state index contributed by atoms with van der Waals surface area (Å²) in [7, 11) is 0. The molecule has 0 unspecified atom stereocenters. The Kier molecular flexibility index (Phi) is 6.45. The predicted octanol–water partition coefficient (Wildman–Crippen LogP) is 5.21. The number of carbonyl (C=O) groups excluding carboxylic acids is 1. The Morgan fingerprint density at radius 3 is 2.53 bits per heavy atom. The van der Waals surface area contributed by atoms with Gasteiger partial charge in [0.05, 0.1) is 6.42 Å². The molecule has 1 aliphatic carbocycles. The van der Waals surface area contributed by atoms with Crippen LogP contribution < -0.4 is 0 Å². The van der Waals surface area contributed by atoms with Crippen molar-refractivity contribution in [2.45, 2.75) is 51.5 Å². The zero-order valence-electron chi connectivity index (χ0n) is 19.4. The summed E-state index contributed by atoms with van der Waals surface area (Å²) in [6, 6.07) is 20.2. The van der Waals surface area contributed by atoms with Crippen LogP contribution in [0, 0.1) is 11.8 Å². The smallest absolute Gasteiger partial charge is 0.227 e. The van der Waals surface area contributed by atoms with Gasteiger partial charge in [0.25, 0.3) is 0 Å². The van der Waals surface area contributed by atoms with Crippen LogP contribution in [-0.4, -0.2) is 47.9 Å². The Labute approximate surface area is 193 Å². The van der Waals surface area contributed by atoms with Gasteiger partial charge in [-0.15, -0.1) is 0 Å². The first kappa shape index (κ1) is 21.5. The third-order valence-electron chi connectivity index (χ3n) is 7.96. The fraction of sp³-hybridized carbons (Fsp3) is 0.483. The largest absolute Gasteiger partial charge is 0.341 e. The molecule has 0 bridgehead atoms. The molecule has 2 heterocycles. The van der Waals surface area contributed by atoms with E-state index in [0.29, 0.717) is 18.3 Å². The molecule has 0 saturated carbocycles. The number of benzene rings is 2. The normalized spacial score (nSPS) is 25.6. The van der Waals surface area contributed by atoms with Crippen LogP contribution in [0.1, 0.15) is 49.3 Å². The molecule has 2 saturated heterocycles. The summed E-state index contributed by atoms with van der Waals surface area (Å²) in [5.41, 5.74) is 5.38. The Morgan fingerprint density at radius 2 is 1.78 bits per heavy atom. The van der Waals surface area contributed by atoms with E-state index >= 15 is 0 Å². The van der Waals surface area contributed by atoms with Crippen LogP contribution in [0.4, 0.5) is 0 Å². The molecule has 32 heavy (non-hydrogen) atoms. The SMILES string of the molecule is C[C@@H]1CCCN1CCc1ccc(C2=CCC[C@@H]3CN(C(=O)Cc4ccccc4)C[C@H]23)cc1. The van der Waals surface area contributed by atoms with Gasteiger partial charge in [-0.05, 0) is 73.8 Å². The maximum absolute atomic E-state index is 13.0. The lowest BCUT2D eigenvalue weighted by Crippen LogP contribution is -2.30. The highest BCUT2D eigenvalue weighted by molar-refractivity contribution is 5.80. The van der Waals surface area contributed by atoms with Crippen molar-refractivity contribution in [1.29, 1.82) is 0 Å². The number of allylic oxidation sites excluding steroid dienone is 1. The predicted molar refractivity (Wildman–Crippen MR) is 131 cm³/mol. The third-order valence-corrected chi connectivity index (χ3v) is 7.96. The van der Waals surface area contributed by atoms with Crippen LogP contribution in [0.15, 0.2) is 60.7 Å². The molecule has 0 aromatic heterocycles. The van der Waals surface area contributed by atoms with Crippen molar-refractivity contribution in [2.75, 3.05) is 26.2 Å². The van der Waals surface area contributed by atoms with E-state index in [0.717, 1.165) is 37.5 Å². The topological polar surface area (TPSA) is 23.6 Å². The summed E-state index contributed by atoms with van der Waals surface area (Å²) in [4.78, 5) is 17.7. The zero-order valence-corrected chi connectivity index (χ0v) is 19.4. The van der Waals surface area contributed by atoms with Crippen molar-refractivity contribution in [1.82, 2.24) is 9.80 Å². The lowest BCUT2D eigenvalue weighted by Gasteiger charge is -2.26. The van der Waals surface area contributed by atoms with Crippen molar-refractivity contribution in [2.24, 2.45) is 11.8 Å². The van der Waals surface area contributed by atoms with Gasteiger partial charge in [0.1, 0.15) is 0 Å². The highest BCUT2D eigenvalue weighted by Gasteiger charge is 2.38. The summed E-state index contributed by atoms with van der Waals surface area (Å²) in [6.45, 7) is 6.58. The fourth-order valence-corrected chi connectivity index (χ4v) is 6.00. The number of amides is 1. The molecule has 2 aliphatic heterocycles. The summed E-state index contributed by atoms with van der Waals surface area (Å²) in [5.74, 6) is 1.36. The standard InChI is InChI=1S/C29H36N2O/c1-22-7-6-17-30(22)18-16-23-12-14-25(15-13-23)27-11-5-10-26-20-31(21-28(26)27)29(32)19-24-8-3-2-4-9-24/h2-4,8-9,11-15,22,26,28H,5-7,10,16-21H2,1H3/t22-,26-,28+/m1/s1. The number of nitrogens with zero attached hydrogens (tertiary/aromatic N) is 2. The fourth-order valence-electron chi connectivity index (χ4n) is 6.00. The molecular formula is C29H36N2O. The first-order valence-electron chi connectivity index (χ1n) is 12.5. The second kappa shape index (κ2) is 9.62. The van der Waals surface area contributed by atoms with Crippen LogP contribution in [0.2, 0.25) is 0 Å². The van der Waals surface area contributed by atoms with E-state index in [9.17, 15) is 4.79 Å². The number of carbonyl (C=O) groups is 1. The highest BCUT2D eigenvalue weighted by atomic mass is 16.2. The number of fused-ring (bicyclic) bond motifs is 1. The van der Waals surface area contributed by atoms with Gasteiger partial charge >= 0.3 is 0 Å². The number of hydrogen-bond donors (Lipinski definition) is 0. The van der Waals surface area contributed by atoms with E-state index in [2.05, 4.69) is 59.2 Å². The van der Waals surface area contributed by atoms with Crippen LogP contribution >= 0.6 is 0 Å². The zero-order chi connectivity index (χ0) is 21.9. The van der Waals surface area contributed by atoms with Gasteiger partial charge in [0.2, 0.25) is 5.91 Å². The van der Waals surface area contributed by atoms with Crippen molar-refractivity contribution in [3.05, 3.63) is 77.4 Å². The Balaban J connectivity index is 1.21. The highest BCUT2D eigenvalue weighted by Crippen LogP contribution is 2.41. The van der Waals surface area contributed by atoms with Gasteiger partial charge < -0.3 is 9.80 Å².